The van der Waals surface area contributed by atoms with E-state index in [4.69, 9.17) is 0 Å². The summed E-state index contributed by atoms with van der Waals surface area (Å²) in [6.45, 7) is 10.0. The van der Waals surface area contributed by atoms with Crippen LogP contribution in [0.1, 0.15) is 46.0 Å². The van der Waals surface area contributed by atoms with Crippen molar-refractivity contribution in [3.8, 4) is 0 Å². The van der Waals surface area contributed by atoms with Gasteiger partial charge in [0.1, 0.15) is 0 Å². The lowest BCUT2D eigenvalue weighted by molar-refractivity contribution is -0.138. The van der Waals surface area contributed by atoms with Gasteiger partial charge in [-0.3, -0.25) is 9.69 Å². The molecule has 0 aromatic carbocycles. The number of rotatable bonds is 3. The quantitative estimate of drug-likeness (QED) is 0.834. The molecule has 0 saturated carbocycles. The first kappa shape index (κ1) is 21.0. The highest BCUT2D eigenvalue weighted by molar-refractivity contribution is 5.85. The first-order valence-corrected chi connectivity index (χ1v) is 8.89. The highest BCUT2D eigenvalue weighted by Gasteiger charge is 2.37. The SMILES string of the molecule is CC(CC(=O)N1CC2CCCN2CC1C)C1CCCNC1.Cl.Cl. The molecule has 3 saturated heterocycles. The molecule has 6 heteroatoms. The Bertz CT molecular complexity index is 377. The average Bonchev–Trinajstić information content (AvgIpc) is 2.94. The Morgan fingerprint density at radius 3 is 2.70 bits per heavy atom. The highest BCUT2D eigenvalue weighted by Crippen LogP contribution is 2.27. The lowest BCUT2D eigenvalue weighted by Gasteiger charge is -2.43. The van der Waals surface area contributed by atoms with Crippen LogP contribution < -0.4 is 5.32 Å². The van der Waals surface area contributed by atoms with Gasteiger partial charge in [-0.25, -0.2) is 0 Å². The van der Waals surface area contributed by atoms with E-state index in [1.807, 2.05) is 0 Å². The molecule has 3 aliphatic heterocycles. The van der Waals surface area contributed by atoms with Gasteiger partial charge in [0.2, 0.25) is 5.91 Å². The Kier molecular flexibility index (Phi) is 8.64. The molecule has 0 bridgehead atoms. The van der Waals surface area contributed by atoms with Crippen molar-refractivity contribution in [2.24, 2.45) is 11.8 Å². The first-order chi connectivity index (χ1) is 10.1. The molecule has 0 spiro atoms. The van der Waals surface area contributed by atoms with Gasteiger partial charge < -0.3 is 10.2 Å². The Hall–Kier alpha value is -0.0300. The molecule has 0 radical (unpaired) electrons. The number of nitrogens with zero attached hydrogens (tertiary/aromatic N) is 2. The number of amides is 1. The second-order valence-electron chi connectivity index (χ2n) is 7.47. The topological polar surface area (TPSA) is 35.6 Å². The third-order valence-corrected chi connectivity index (χ3v) is 5.89. The summed E-state index contributed by atoms with van der Waals surface area (Å²) in [6.07, 6.45) is 5.87. The Morgan fingerprint density at radius 2 is 2.00 bits per heavy atom. The van der Waals surface area contributed by atoms with Gasteiger partial charge in [0.05, 0.1) is 0 Å². The minimum Gasteiger partial charge on any atom is -0.337 e. The van der Waals surface area contributed by atoms with Gasteiger partial charge in [-0.2, -0.15) is 0 Å². The molecular weight excluding hydrogens is 333 g/mol. The molecule has 1 N–H and O–H groups in total. The van der Waals surface area contributed by atoms with Crippen LogP contribution in [0, 0.1) is 11.8 Å². The maximum Gasteiger partial charge on any atom is 0.223 e. The number of carbonyl (C=O) groups is 1. The van der Waals surface area contributed by atoms with E-state index in [9.17, 15) is 4.79 Å². The lowest BCUT2D eigenvalue weighted by Crippen LogP contribution is -2.57. The number of piperidine rings is 1. The standard InChI is InChI=1S/C17H31N3O.2ClH/c1-13(15-5-3-7-18-10-15)9-17(21)20-12-16-6-4-8-19(16)11-14(20)2;;/h13-16,18H,3-12H2,1-2H3;2*1H. The summed E-state index contributed by atoms with van der Waals surface area (Å²) in [7, 11) is 0. The van der Waals surface area contributed by atoms with Crippen LogP contribution in [-0.4, -0.2) is 60.5 Å². The van der Waals surface area contributed by atoms with Crippen LogP contribution >= 0.6 is 24.8 Å². The predicted molar refractivity (Wildman–Crippen MR) is 99.6 cm³/mol. The second kappa shape index (κ2) is 9.45. The fraction of sp³-hybridized carbons (Fsp3) is 0.941. The summed E-state index contributed by atoms with van der Waals surface area (Å²) in [5.74, 6) is 1.59. The van der Waals surface area contributed by atoms with Crippen molar-refractivity contribution in [2.75, 3.05) is 32.7 Å². The minimum absolute atomic E-state index is 0. The molecular formula is C17H33Cl2N3O. The molecule has 3 rings (SSSR count). The van der Waals surface area contributed by atoms with E-state index in [1.165, 1.54) is 32.2 Å². The Labute approximate surface area is 153 Å². The fourth-order valence-electron chi connectivity index (χ4n) is 4.46. The van der Waals surface area contributed by atoms with Crippen LogP contribution in [-0.2, 0) is 4.79 Å². The van der Waals surface area contributed by atoms with Crippen LogP contribution in [0.2, 0.25) is 0 Å². The largest absolute Gasteiger partial charge is 0.337 e. The number of halogens is 2. The zero-order valence-electron chi connectivity index (χ0n) is 14.5. The summed E-state index contributed by atoms with van der Waals surface area (Å²) in [4.78, 5) is 17.5. The number of nitrogens with one attached hydrogen (secondary N) is 1. The number of piperazine rings is 1. The van der Waals surface area contributed by atoms with E-state index in [2.05, 4.69) is 29.0 Å². The second-order valence-corrected chi connectivity index (χ2v) is 7.47. The van der Waals surface area contributed by atoms with E-state index in [1.54, 1.807) is 0 Å². The van der Waals surface area contributed by atoms with Crippen molar-refractivity contribution in [2.45, 2.75) is 58.0 Å². The first-order valence-electron chi connectivity index (χ1n) is 8.89. The highest BCUT2D eigenvalue weighted by atomic mass is 35.5. The smallest absolute Gasteiger partial charge is 0.223 e. The normalized spacial score (nSPS) is 32.4. The van der Waals surface area contributed by atoms with E-state index < -0.39 is 0 Å². The summed E-state index contributed by atoms with van der Waals surface area (Å²) < 4.78 is 0. The summed E-state index contributed by atoms with van der Waals surface area (Å²) in [5.41, 5.74) is 0. The van der Waals surface area contributed by atoms with Crippen LogP contribution in [0.25, 0.3) is 0 Å². The Morgan fingerprint density at radius 1 is 1.22 bits per heavy atom. The van der Waals surface area contributed by atoms with Crippen LogP contribution in [0.4, 0.5) is 0 Å². The van der Waals surface area contributed by atoms with Gasteiger partial charge in [-0.1, -0.05) is 6.92 Å². The predicted octanol–water partition coefficient (Wildman–Crippen LogP) is 2.55. The van der Waals surface area contributed by atoms with E-state index in [0.717, 1.165) is 32.6 Å². The molecule has 0 aromatic rings. The van der Waals surface area contributed by atoms with Crippen LogP contribution in [0.15, 0.2) is 0 Å². The third-order valence-electron chi connectivity index (χ3n) is 5.89. The van der Waals surface area contributed by atoms with Crippen molar-refractivity contribution in [1.29, 1.82) is 0 Å². The van der Waals surface area contributed by atoms with Crippen molar-refractivity contribution in [1.82, 2.24) is 15.1 Å². The number of hydrogen-bond donors (Lipinski definition) is 1. The molecule has 3 fully saturated rings. The van der Waals surface area contributed by atoms with Crippen molar-refractivity contribution in [3.63, 3.8) is 0 Å². The van der Waals surface area contributed by atoms with Crippen molar-refractivity contribution < 1.29 is 4.79 Å². The molecule has 0 aromatic heterocycles. The average molecular weight is 366 g/mol. The zero-order chi connectivity index (χ0) is 14.8. The molecule has 3 heterocycles. The van der Waals surface area contributed by atoms with Gasteiger partial charge in [0, 0.05) is 31.6 Å². The van der Waals surface area contributed by atoms with Gasteiger partial charge in [-0.05, 0) is 64.1 Å². The van der Waals surface area contributed by atoms with Gasteiger partial charge in [0.25, 0.3) is 0 Å². The van der Waals surface area contributed by atoms with Crippen LogP contribution in [0.3, 0.4) is 0 Å². The summed E-state index contributed by atoms with van der Waals surface area (Å²) >= 11 is 0. The minimum atomic E-state index is 0. The fourth-order valence-corrected chi connectivity index (χ4v) is 4.46. The van der Waals surface area contributed by atoms with Crippen molar-refractivity contribution in [3.05, 3.63) is 0 Å². The van der Waals surface area contributed by atoms with Gasteiger partial charge >= 0.3 is 0 Å². The van der Waals surface area contributed by atoms with E-state index >= 15 is 0 Å². The summed E-state index contributed by atoms with van der Waals surface area (Å²) in [5, 5.41) is 3.48. The molecule has 136 valence electrons. The van der Waals surface area contributed by atoms with Gasteiger partial charge in [-0.15, -0.1) is 24.8 Å². The third kappa shape index (κ3) is 4.97. The molecule has 23 heavy (non-hydrogen) atoms. The Balaban J connectivity index is 0.00000132. The maximum atomic E-state index is 12.7. The van der Waals surface area contributed by atoms with E-state index in [0.29, 0.717) is 29.8 Å². The van der Waals surface area contributed by atoms with Gasteiger partial charge in [0.15, 0.2) is 0 Å². The summed E-state index contributed by atoms with van der Waals surface area (Å²) in [6, 6.07) is 1.03. The number of fused-ring (bicyclic) bond motifs is 1. The molecule has 4 unspecified atom stereocenters. The molecule has 0 aliphatic carbocycles. The lowest BCUT2D eigenvalue weighted by atomic mass is 9.85. The van der Waals surface area contributed by atoms with E-state index in [-0.39, 0.29) is 24.8 Å². The monoisotopic (exact) mass is 365 g/mol. The zero-order valence-corrected chi connectivity index (χ0v) is 16.1. The number of carbonyl (C=O) groups excluding carboxylic acids is 1. The maximum absolute atomic E-state index is 12.7. The number of hydrogen-bond acceptors (Lipinski definition) is 3. The molecule has 1 amide bonds. The van der Waals surface area contributed by atoms with Crippen LogP contribution in [0.5, 0.6) is 0 Å². The molecule has 4 atom stereocenters. The molecule has 4 nitrogen and oxygen atoms in total. The molecule has 3 aliphatic rings. The van der Waals surface area contributed by atoms with Crippen molar-refractivity contribution >= 4 is 30.7 Å².